The Morgan fingerprint density at radius 1 is 1.35 bits per heavy atom. The summed E-state index contributed by atoms with van der Waals surface area (Å²) in [5.74, 6) is 1.24. The predicted molar refractivity (Wildman–Crippen MR) is 82.3 cm³/mol. The maximum absolute atomic E-state index is 10.9. The molecule has 2 rings (SSSR count). The van der Waals surface area contributed by atoms with Crippen LogP contribution in [0.3, 0.4) is 0 Å². The van der Waals surface area contributed by atoms with Crippen LogP contribution in [0.25, 0.3) is 0 Å². The van der Waals surface area contributed by atoms with Crippen LogP contribution in [0.4, 0.5) is 11.4 Å². The largest absolute Gasteiger partial charge is 0.382 e. The predicted octanol–water partition coefficient (Wildman–Crippen LogP) is 4.87. The minimum Gasteiger partial charge on any atom is -0.382 e. The van der Waals surface area contributed by atoms with Crippen molar-refractivity contribution < 1.29 is 4.92 Å². The number of nitrogens with one attached hydrogen (secondary N) is 1. The van der Waals surface area contributed by atoms with Gasteiger partial charge in [0.2, 0.25) is 0 Å². The van der Waals surface area contributed by atoms with Crippen molar-refractivity contribution in [3.05, 3.63) is 33.3 Å². The number of halogens is 1. The fourth-order valence-electron chi connectivity index (χ4n) is 3.09. The number of hydrogen-bond acceptors (Lipinski definition) is 3. The summed E-state index contributed by atoms with van der Waals surface area (Å²) in [5.41, 5.74) is 0.757. The van der Waals surface area contributed by atoms with Crippen molar-refractivity contribution >= 4 is 23.0 Å². The molecule has 0 aromatic heterocycles. The summed E-state index contributed by atoms with van der Waals surface area (Å²) < 4.78 is 0. The molecular formula is C15H21ClN2O2. The van der Waals surface area contributed by atoms with E-state index in [4.69, 9.17) is 11.6 Å². The van der Waals surface area contributed by atoms with Crippen LogP contribution in [0.15, 0.2) is 18.2 Å². The Kier molecular flexibility index (Phi) is 4.86. The summed E-state index contributed by atoms with van der Waals surface area (Å²) >= 11 is 5.84. The summed E-state index contributed by atoms with van der Waals surface area (Å²) in [5, 5.41) is 14.6. The molecule has 5 heteroatoms. The molecule has 0 heterocycles. The number of benzene rings is 1. The monoisotopic (exact) mass is 296 g/mol. The van der Waals surface area contributed by atoms with E-state index in [1.165, 1.54) is 25.3 Å². The molecule has 4 nitrogen and oxygen atoms in total. The van der Waals surface area contributed by atoms with E-state index in [2.05, 4.69) is 19.2 Å². The number of rotatable bonds is 4. The standard InChI is InChI=1S/C15H21ClN2O2/c1-10(2)12-5-3-4-6-14(12)17-11-7-8-13(16)15(9-11)18(19)20/h7-10,12,14,17H,3-6H2,1-2H3. The zero-order valence-electron chi connectivity index (χ0n) is 11.9. The summed E-state index contributed by atoms with van der Waals surface area (Å²) in [6.45, 7) is 4.49. The second-order valence-electron chi connectivity index (χ2n) is 5.87. The molecule has 0 bridgehead atoms. The first kappa shape index (κ1) is 15.1. The Morgan fingerprint density at radius 2 is 2.05 bits per heavy atom. The van der Waals surface area contributed by atoms with Crippen LogP contribution in [0.1, 0.15) is 39.5 Å². The second-order valence-corrected chi connectivity index (χ2v) is 6.27. The molecule has 20 heavy (non-hydrogen) atoms. The fourth-order valence-corrected chi connectivity index (χ4v) is 3.28. The zero-order chi connectivity index (χ0) is 14.7. The van der Waals surface area contributed by atoms with Crippen LogP contribution in [0.5, 0.6) is 0 Å². The molecule has 0 amide bonds. The third-order valence-electron chi connectivity index (χ3n) is 4.17. The number of nitro groups is 1. The van der Waals surface area contributed by atoms with Crippen molar-refractivity contribution in [1.29, 1.82) is 0 Å². The first-order valence-electron chi connectivity index (χ1n) is 7.19. The Hall–Kier alpha value is -1.29. The molecular weight excluding hydrogens is 276 g/mol. The topological polar surface area (TPSA) is 55.2 Å². The Morgan fingerprint density at radius 3 is 2.70 bits per heavy atom. The molecule has 2 atom stereocenters. The first-order chi connectivity index (χ1) is 9.49. The highest BCUT2D eigenvalue weighted by Gasteiger charge is 2.27. The van der Waals surface area contributed by atoms with Gasteiger partial charge in [0.05, 0.1) is 4.92 Å². The van der Waals surface area contributed by atoms with E-state index >= 15 is 0 Å². The normalized spacial score (nSPS) is 22.8. The average Bonchev–Trinajstić information content (AvgIpc) is 2.41. The molecule has 1 aromatic rings. The maximum Gasteiger partial charge on any atom is 0.289 e. The Labute approximate surface area is 124 Å². The molecule has 0 aliphatic heterocycles. The van der Waals surface area contributed by atoms with Gasteiger partial charge in [0.15, 0.2) is 0 Å². The molecule has 1 aliphatic carbocycles. The molecule has 1 aliphatic rings. The van der Waals surface area contributed by atoms with Gasteiger partial charge >= 0.3 is 0 Å². The summed E-state index contributed by atoms with van der Waals surface area (Å²) in [6.07, 6.45) is 4.85. The Bertz CT molecular complexity index is 491. The number of hydrogen-bond donors (Lipinski definition) is 1. The molecule has 0 spiro atoms. The molecule has 1 N–H and O–H groups in total. The average molecular weight is 297 g/mol. The van der Waals surface area contributed by atoms with Crippen LogP contribution in [-0.2, 0) is 0 Å². The molecule has 110 valence electrons. The van der Waals surface area contributed by atoms with Gasteiger partial charge in [-0.05, 0) is 36.8 Å². The van der Waals surface area contributed by atoms with E-state index in [1.54, 1.807) is 6.07 Å². The van der Waals surface area contributed by atoms with E-state index in [-0.39, 0.29) is 10.7 Å². The molecule has 0 radical (unpaired) electrons. The van der Waals surface area contributed by atoms with Crippen molar-refractivity contribution in [2.75, 3.05) is 5.32 Å². The quantitative estimate of drug-likeness (QED) is 0.636. The van der Waals surface area contributed by atoms with Crippen molar-refractivity contribution in [2.24, 2.45) is 11.8 Å². The number of anilines is 1. The minimum atomic E-state index is -0.436. The van der Waals surface area contributed by atoms with Crippen molar-refractivity contribution in [2.45, 2.75) is 45.6 Å². The van der Waals surface area contributed by atoms with Gasteiger partial charge in [-0.25, -0.2) is 0 Å². The smallest absolute Gasteiger partial charge is 0.289 e. The van der Waals surface area contributed by atoms with Gasteiger partial charge < -0.3 is 5.32 Å². The molecule has 1 saturated carbocycles. The third kappa shape index (κ3) is 3.42. The lowest BCUT2D eigenvalue weighted by molar-refractivity contribution is -0.384. The van der Waals surface area contributed by atoms with Crippen LogP contribution >= 0.6 is 11.6 Å². The first-order valence-corrected chi connectivity index (χ1v) is 7.57. The fraction of sp³-hybridized carbons (Fsp3) is 0.600. The van der Waals surface area contributed by atoms with Crippen LogP contribution < -0.4 is 5.32 Å². The Balaban J connectivity index is 2.16. The minimum absolute atomic E-state index is 0.0337. The van der Waals surface area contributed by atoms with Crippen LogP contribution in [0, 0.1) is 22.0 Å². The summed E-state index contributed by atoms with van der Waals surface area (Å²) in [7, 11) is 0. The third-order valence-corrected chi connectivity index (χ3v) is 4.49. The second kappa shape index (κ2) is 6.44. The highest BCUT2D eigenvalue weighted by atomic mass is 35.5. The highest BCUT2D eigenvalue weighted by Crippen LogP contribution is 2.34. The van der Waals surface area contributed by atoms with Crippen LogP contribution in [0.2, 0.25) is 5.02 Å². The van der Waals surface area contributed by atoms with Crippen molar-refractivity contribution in [3.8, 4) is 0 Å². The van der Waals surface area contributed by atoms with Crippen molar-refractivity contribution in [3.63, 3.8) is 0 Å². The van der Waals surface area contributed by atoms with E-state index in [1.807, 2.05) is 6.07 Å². The molecule has 2 unspecified atom stereocenters. The van der Waals surface area contributed by atoms with Gasteiger partial charge in [0.1, 0.15) is 5.02 Å². The lowest BCUT2D eigenvalue weighted by atomic mass is 9.78. The molecule has 1 aromatic carbocycles. The number of nitrogens with zero attached hydrogens (tertiary/aromatic N) is 1. The molecule has 0 saturated heterocycles. The van der Waals surface area contributed by atoms with E-state index < -0.39 is 4.92 Å². The van der Waals surface area contributed by atoms with Gasteiger partial charge in [0, 0.05) is 17.8 Å². The lowest BCUT2D eigenvalue weighted by Crippen LogP contribution is -2.35. The SMILES string of the molecule is CC(C)C1CCCCC1Nc1ccc(Cl)c([N+](=O)[O-])c1. The zero-order valence-corrected chi connectivity index (χ0v) is 12.7. The van der Waals surface area contributed by atoms with E-state index in [0.717, 1.165) is 12.1 Å². The summed E-state index contributed by atoms with van der Waals surface area (Å²) in [6, 6.07) is 5.34. The van der Waals surface area contributed by atoms with Crippen LogP contribution in [-0.4, -0.2) is 11.0 Å². The molecule has 1 fully saturated rings. The van der Waals surface area contributed by atoms with Crippen molar-refractivity contribution in [1.82, 2.24) is 0 Å². The lowest BCUT2D eigenvalue weighted by Gasteiger charge is -2.35. The van der Waals surface area contributed by atoms with Gasteiger partial charge in [-0.15, -0.1) is 0 Å². The van der Waals surface area contributed by atoms with Gasteiger partial charge in [-0.3, -0.25) is 10.1 Å². The van der Waals surface area contributed by atoms with E-state index in [9.17, 15) is 10.1 Å². The highest BCUT2D eigenvalue weighted by molar-refractivity contribution is 6.32. The van der Waals surface area contributed by atoms with Gasteiger partial charge in [-0.1, -0.05) is 38.3 Å². The van der Waals surface area contributed by atoms with Gasteiger partial charge in [0.25, 0.3) is 5.69 Å². The van der Waals surface area contributed by atoms with E-state index in [0.29, 0.717) is 17.9 Å². The number of nitro benzene ring substituents is 1. The maximum atomic E-state index is 10.9. The summed E-state index contributed by atoms with van der Waals surface area (Å²) in [4.78, 5) is 10.5. The van der Waals surface area contributed by atoms with Gasteiger partial charge in [-0.2, -0.15) is 0 Å².